The molecule has 0 amide bonds. The van der Waals surface area contributed by atoms with Crippen LogP contribution in [0.15, 0.2) is 72.8 Å². The number of ketones is 1. The minimum Gasteiger partial charge on any atom is -0.497 e. The fourth-order valence-corrected chi connectivity index (χ4v) is 3.03. The van der Waals surface area contributed by atoms with Gasteiger partial charge >= 0.3 is 0 Å². The third-order valence-corrected chi connectivity index (χ3v) is 4.76. The van der Waals surface area contributed by atoms with E-state index >= 15 is 0 Å². The monoisotopic (exact) mass is 399 g/mol. The molecular formula is C22H19Cl2NO2. The fraction of sp³-hybridized carbons (Fsp3) is 0.136. The molecular weight excluding hydrogens is 381 g/mol. The molecule has 0 saturated carbocycles. The zero-order valence-electron chi connectivity index (χ0n) is 14.8. The van der Waals surface area contributed by atoms with Crippen molar-refractivity contribution in [3.63, 3.8) is 0 Å². The van der Waals surface area contributed by atoms with Gasteiger partial charge in [-0.25, -0.2) is 0 Å². The Morgan fingerprint density at radius 2 is 1.44 bits per heavy atom. The highest BCUT2D eigenvalue weighted by molar-refractivity contribution is 6.30. The summed E-state index contributed by atoms with van der Waals surface area (Å²) in [6.07, 6.45) is 0.302. The van der Waals surface area contributed by atoms with Gasteiger partial charge in [-0.3, -0.25) is 4.79 Å². The van der Waals surface area contributed by atoms with E-state index in [1.54, 1.807) is 31.4 Å². The van der Waals surface area contributed by atoms with Gasteiger partial charge in [-0.2, -0.15) is 0 Å². The summed E-state index contributed by atoms with van der Waals surface area (Å²) in [4.78, 5) is 12.8. The molecule has 27 heavy (non-hydrogen) atoms. The number of hydrogen-bond donors (Lipinski definition) is 1. The summed E-state index contributed by atoms with van der Waals surface area (Å²) in [7, 11) is 1.60. The third kappa shape index (κ3) is 5.25. The Morgan fingerprint density at radius 1 is 0.889 bits per heavy atom. The number of carbonyl (C=O) groups is 1. The van der Waals surface area contributed by atoms with Crippen LogP contribution in [0, 0.1) is 0 Å². The van der Waals surface area contributed by atoms with Gasteiger partial charge in [-0.15, -0.1) is 0 Å². The maximum Gasteiger partial charge on any atom is 0.165 e. The average molecular weight is 400 g/mol. The second-order valence-corrected chi connectivity index (χ2v) is 6.98. The van der Waals surface area contributed by atoms with Crippen molar-refractivity contribution >= 4 is 34.7 Å². The van der Waals surface area contributed by atoms with Gasteiger partial charge in [-0.05, 0) is 66.2 Å². The van der Waals surface area contributed by atoms with Crippen LogP contribution in [0.2, 0.25) is 10.0 Å². The molecule has 0 saturated heterocycles. The van der Waals surface area contributed by atoms with Gasteiger partial charge in [0.15, 0.2) is 5.78 Å². The second-order valence-electron chi connectivity index (χ2n) is 6.11. The predicted octanol–water partition coefficient (Wildman–Crippen LogP) is 6.43. The first-order valence-electron chi connectivity index (χ1n) is 8.50. The molecule has 3 aromatic rings. The van der Waals surface area contributed by atoms with E-state index in [2.05, 4.69) is 5.32 Å². The molecule has 3 nitrogen and oxygen atoms in total. The smallest absolute Gasteiger partial charge is 0.165 e. The molecule has 0 heterocycles. The molecule has 3 rings (SSSR count). The second kappa shape index (κ2) is 8.94. The number of nitrogens with one attached hydrogen (secondary N) is 1. The van der Waals surface area contributed by atoms with Gasteiger partial charge in [0.1, 0.15) is 5.75 Å². The maximum atomic E-state index is 12.8. The summed E-state index contributed by atoms with van der Waals surface area (Å²) in [6.45, 7) is 0. The van der Waals surface area contributed by atoms with Crippen LogP contribution in [0.4, 0.5) is 5.69 Å². The van der Waals surface area contributed by atoms with Crippen molar-refractivity contribution in [1.29, 1.82) is 0 Å². The first-order valence-corrected chi connectivity index (χ1v) is 9.25. The molecule has 0 fully saturated rings. The van der Waals surface area contributed by atoms with Crippen LogP contribution in [-0.4, -0.2) is 12.9 Å². The lowest BCUT2D eigenvalue weighted by Crippen LogP contribution is -2.15. The fourth-order valence-electron chi connectivity index (χ4n) is 2.77. The SMILES string of the molecule is COc1ccc(C(=O)CC(Nc2ccc(Cl)cc2)c2ccc(Cl)cc2)cc1. The number of benzene rings is 3. The first-order chi connectivity index (χ1) is 13.0. The first kappa shape index (κ1) is 19.3. The third-order valence-electron chi connectivity index (χ3n) is 4.26. The van der Waals surface area contributed by atoms with E-state index in [0.717, 1.165) is 17.0 Å². The molecule has 138 valence electrons. The van der Waals surface area contributed by atoms with E-state index in [9.17, 15) is 4.79 Å². The summed E-state index contributed by atoms with van der Waals surface area (Å²) >= 11 is 12.0. The quantitative estimate of drug-likeness (QED) is 0.465. The average Bonchev–Trinajstić information content (AvgIpc) is 2.70. The van der Waals surface area contributed by atoms with Crippen LogP contribution in [0.5, 0.6) is 5.75 Å². The van der Waals surface area contributed by atoms with Crippen molar-refractivity contribution < 1.29 is 9.53 Å². The predicted molar refractivity (Wildman–Crippen MR) is 111 cm³/mol. The minimum absolute atomic E-state index is 0.0408. The van der Waals surface area contributed by atoms with Crippen molar-refractivity contribution in [3.8, 4) is 5.75 Å². The van der Waals surface area contributed by atoms with Crippen LogP contribution >= 0.6 is 23.2 Å². The van der Waals surface area contributed by atoms with Crippen molar-refractivity contribution in [2.45, 2.75) is 12.5 Å². The molecule has 1 N–H and O–H groups in total. The normalized spacial score (nSPS) is 11.7. The highest BCUT2D eigenvalue weighted by Gasteiger charge is 2.17. The van der Waals surface area contributed by atoms with E-state index in [-0.39, 0.29) is 11.8 Å². The van der Waals surface area contributed by atoms with E-state index in [1.807, 2.05) is 48.5 Å². The lowest BCUT2D eigenvalue weighted by Gasteiger charge is -2.20. The Hall–Kier alpha value is -2.49. The van der Waals surface area contributed by atoms with E-state index in [4.69, 9.17) is 27.9 Å². The van der Waals surface area contributed by atoms with Gasteiger partial charge in [0.05, 0.1) is 13.2 Å². The van der Waals surface area contributed by atoms with Crippen LogP contribution in [-0.2, 0) is 0 Å². The minimum atomic E-state index is -0.196. The highest BCUT2D eigenvalue weighted by Crippen LogP contribution is 2.27. The number of carbonyl (C=O) groups excluding carboxylic acids is 1. The molecule has 1 unspecified atom stereocenters. The maximum absolute atomic E-state index is 12.8. The standard InChI is InChI=1S/C22H19Cl2NO2/c1-27-20-12-4-16(5-13-20)22(26)14-21(15-2-6-17(23)7-3-15)25-19-10-8-18(24)9-11-19/h2-13,21,25H,14H2,1H3. The highest BCUT2D eigenvalue weighted by atomic mass is 35.5. The Kier molecular flexibility index (Phi) is 6.38. The van der Waals surface area contributed by atoms with Crippen molar-refractivity contribution in [1.82, 2.24) is 0 Å². The summed E-state index contributed by atoms with van der Waals surface area (Å²) in [5.41, 5.74) is 2.52. The van der Waals surface area contributed by atoms with Crippen LogP contribution in [0.3, 0.4) is 0 Å². The molecule has 5 heteroatoms. The lowest BCUT2D eigenvalue weighted by atomic mass is 9.97. The van der Waals surface area contributed by atoms with E-state index < -0.39 is 0 Å². The van der Waals surface area contributed by atoms with Crippen molar-refractivity contribution in [2.75, 3.05) is 12.4 Å². The topological polar surface area (TPSA) is 38.3 Å². The van der Waals surface area contributed by atoms with Crippen LogP contribution in [0.1, 0.15) is 28.4 Å². The molecule has 0 radical (unpaired) electrons. The molecule has 0 spiro atoms. The number of methoxy groups -OCH3 is 1. The number of hydrogen-bond acceptors (Lipinski definition) is 3. The van der Waals surface area contributed by atoms with Crippen molar-refractivity contribution in [3.05, 3.63) is 94.0 Å². The number of anilines is 1. The number of rotatable bonds is 7. The van der Waals surface area contributed by atoms with Crippen LogP contribution in [0.25, 0.3) is 0 Å². The van der Waals surface area contributed by atoms with Crippen molar-refractivity contribution in [2.24, 2.45) is 0 Å². The lowest BCUT2D eigenvalue weighted by molar-refractivity contribution is 0.0976. The van der Waals surface area contributed by atoms with Gasteiger partial charge in [0.2, 0.25) is 0 Å². The molecule has 0 aliphatic rings. The number of ether oxygens (including phenoxy) is 1. The number of Topliss-reactive ketones (excluding diaryl/α,β-unsaturated/α-hetero) is 1. The number of halogens is 2. The molecule has 0 bridgehead atoms. The largest absolute Gasteiger partial charge is 0.497 e. The zero-order chi connectivity index (χ0) is 19.2. The summed E-state index contributed by atoms with van der Waals surface area (Å²) < 4.78 is 5.15. The van der Waals surface area contributed by atoms with Gasteiger partial charge in [0, 0.05) is 27.7 Å². The summed E-state index contributed by atoms with van der Waals surface area (Å²) in [5, 5.41) is 4.74. The molecule has 1 atom stereocenters. The Labute approximate surface area is 168 Å². The zero-order valence-corrected chi connectivity index (χ0v) is 16.3. The van der Waals surface area contributed by atoms with Gasteiger partial charge in [-0.1, -0.05) is 35.3 Å². The molecule has 0 aromatic heterocycles. The molecule has 0 aliphatic carbocycles. The summed E-state index contributed by atoms with van der Waals surface area (Å²) in [6, 6.07) is 21.9. The Bertz CT molecular complexity index is 891. The van der Waals surface area contributed by atoms with E-state index in [0.29, 0.717) is 22.0 Å². The molecule has 0 aliphatic heterocycles. The Morgan fingerprint density at radius 3 is 2.00 bits per heavy atom. The van der Waals surface area contributed by atoms with Gasteiger partial charge in [0.25, 0.3) is 0 Å². The molecule has 3 aromatic carbocycles. The van der Waals surface area contributed by atoms with Crippen LogP contribution < -0.4 is 10.1 Å². The summed E-state index contributed by atoms with van der Waals surface area (Å²) in [5.74, 6) is 0.763. The van der Waals surface area contributed by atoms with E-state index in [1.165, 1.54) is 0 Å². The van der Waals surface area contributed by atoms with Gasteiger partial charge < -0.3 is 10.1 Å². The Balaban J connectivity index is 1.82.